The summed E-state index contributed by atoms with van der Waals surface area (Å²) in [6.07, 6.45) is -0.515. The molecule has 1 aromatic heterocycles. The van der Waals surface area contributed by atoms with Gasteiger partial charge in [-0.25, -0.2) is 15.6 Å². The van der Waals surface area contributed by atoms with E-state index in [4.69, 9.17) is 10.6 Å². The molecular formula is C25H29N5O3S. The van der Waals surface area contributed by atoms with Crippen LogP contribution in [0, 0.1) is 0 Å². The monoisotopic (exact) mass is 479 g/mol. The quantitative estimate of drug-likeness (QED) is 0.305. The first-order chi connectivity index (χ1) is 16.5. The Labute approximate surface area is 203 Å². The van der Waals surface area contributed by atoms with Crippen molar-refractivity contribution in [3.8, 4) is 10.4 Å². The summed E-state index contributed by atoms with van der Waals surface area (Å²) >= 11 is 1.63. The number of anilines is 2. The molecule has 0 radical (unpaired) electrons. The van der Waals surface area contributed by atoms with Crippen molar-refractivity contribution in [2.45, 2.75) is 0 Å². The number of carbonyl (C=O) groups excluding carboxylic acids is 2. The smallest absolute Gasteiger partial charge is 0.411 e. The highest BCUT2D eigenvalue weighted by Gasteiger charge is 2.16. The van der Waals surface area contributed by atoms with Gasteiger partial charge in [-0.2, -0.15) is 0 Å². The molecular weight excluding hydrogens is 450 g/mol. The molecule has 0 spiro atoms. The topological polar surface area (TPSA) is 91.1 Å². The number of rotatable bonds is 7. The van der Waals surface area contributed by atoms with Gasteiger partial charge in [0.2, 0.25) is 0 Å². The molecule has 178 valence electrons. The van der Waals surface area contributed by atoms with Crippen LogP contribution in [-0.2, 0) is 4.74 Å². The Morgan fingerprint density at radius 2 is 1.82 bits per heavy atom. The molecule has 9 heteroatoms. The summed E-state index contributed by atoms with van der Waals surface area (Å²) in [6, 6.07) is 18.1. The van der Waals surface area contributed by atoms with E-state index < -0.39 is 6.09 Å². The van der Waals surface area contributed by atoms with Gasteiger partial charge in [-0.3, -0.25) is 15.0 Å². The fourth-order valence-electron chi connectivity index (χ4n) is 3.70. The van der Waals surface area contributed by atoms with Crippen molar-refractivity contribution in [2.75, 3.05) is 56.7 Å². The second kappa shape index (κ2) is 11.3. The predicted molar refractivity (Wildman–Crippen MR) is 136 cm³/mol. The highest BCUT2D eigenvalue weighted by molar-refractivity contribution is 7.13. The third kappa shape index (κ3) is 6.21. The van der Waals surface area contributed by atoms with Crippen molar-refractivity contribution in [3.05, 3.63) is 71.6 Å². The van der Waals surface area contributed by atoms with Crippen molar-refractivity contribution in [3.63, 3.8) is 0 Å². The number of amides is 2. The van der Waals surface area contributed by atoms with Crippen LogP contribution in [0.2, 0.25) is 0 Å². The van der Waals surface area contributed by atoms with Crippen LogP contribution < -0.4 is 16.2 Å². The molecule has 0 bridgehead atoms. The van der Waals surface area contributed by atoms with E-state index in [-0.39, 0.29) is 5.91 Å². The maximum absolute atomic E-state index is 12.9. The number of nitrogens with two attached hydrogens (primary N) is 1. The van der Waals surface area contributed by atoms with Gasteiger partial charge in [0.05, 0.1) is 5.69 Å². The molecule has 0 saturated carbocycles. The van der Waals surface area contributed by atoms with Gasteiger partial charge in [0.1, 0.15) is 6.61 Å². The normalized spacial score (nSPS) is 14.5. The lowest BCUT2D eigenvalue weighted by molar-refractivity contribution is 0.0987. The second-order valence-electron chi connectivity index (χ2n) is 8.19. The summed E-state index contributed by atoms with van der Waals surface area (Å²) in [4.78, 5) is 30.6. The Bertz CT molecular complexity index is 1100. The lowest BCUT2D eigenvalue weighted by atomic mass is 10.1. The van der Waals surface area contributed by atoms with Gasteiger partial charge in [-0.05, 0) is 60.5 Å². The van der Waals surface area contributed by atoms with Gasteiger partial charge in [0.15, 0.2) is 0 Å². The number of carbonyl (C=O) groups is 2. The van der Waals surface area contributed by atoms with E-state index in [1.807, 2.05) is 35.7 Å². The van der Waals surface area contributed by atoms with Gasteiger partial charge in [-0.15, -0.1) is 11.3 Å². The Morgan fingerprint density at radius 3 is 2.53 bits per heavy atom. The summed E-state index contributed by atoms with van der Waals surface area (Å²) in [5.74, 6) is 5.78. The van der Waals surface area contributed by atoms with E-state index in [0.717, 1.165) is 41.6 Å². The van der Waals surface area contributed by atoms with Crippen molar-refractivity contribution in [2.24, 2.45) is 5.84 Å². The Hall–Kier alpha value is -3.24. The fraction of sp³-hybridized carbons (Fsp3) is 0.280. The van der Waals surface area contributed by atoms with E-state index in [2.05, 4.69) is 22.2 Å². The third-order valence-corrected chi connectivity index (χ3v) is 6.68. The van der Waals surface area contributed by atoms with E-state index in [0.29, 0.717) is 30.1 Å². The molecule has 1 aliphatic rings. The molecule has 1 aliphatic heterocycles. The third-order valence-electron chi connectivity index (χ3n) is 5.76. The number of thiophene rings is 1. The van der Waals surface area contributed by atoms with E-state index in [1.54, 1.807) is 41.7 Å². The molecule has 3 N–H and O–H groups in total. The summed E-state index contributed by atoms with van der Waals surface area (Å²) in [6.45, 7) is 5.06. The zero-order valence-corrected chi connectivity index (χ0v) is 20.0. The van der Waals surface area contributed by atoms with Crippen LogP contribution in [0.3, 0.4) is 0 Å². The number of nitrogens with zero attached hydrogens (tertiary/aromatic N) is 3. The standard InChI is InChI=1S/C25H29N5O3S/c1-28-11-13-29(14-12-28)15-16-33-25(32)27-21-9-7-19(8-10-21)24(31)30(26)22-5-2-4-20(18-22)23-6-3-17-34-23/h2-10,17-18H,11-16,26H2,1H3,(H,27,32). The number of hydrogen-bond donors (Lipinski definition) is 2. The second-order valence-corrected chi connectivity index (χ2v) is 9.13. The molecule has 4 rings (SSSR count). The lowest BCUT2D eigenvalue weighted by Crippen LogP contribution is -2.45. The molecule has 1 saturated heterocycles. The number of hydrazine groups is 1. The van der Waals surface area contributed by atoms with Crippen molar-refractivity contribution in [1.82, 2.24) is 9.80 Å². The molecule has 2 aromatic carbocycles. The van der Waals surface area contributed by atoms with Crippen LogP contribution in [0.15, 0.2) is 66.0 Å². The van der Waals surface area contributed by atoms with Crippen LogP contribution in [-0.4, -0.2) is 68.2 Å². The van der Waals surface area contributed by atoms with E-state index in [1.165, 1.54) is 0 Å². The van der Waals surface area contributed by atoms with Crippen LogP contribution in [0.1, 0.15) is 10.4 Å². The number of piperazine rings is 1. The van der Waals surface area contributed by atoms with Crippen molar-refractivity contribution < 1.29 is 14.3 Å². The molecule has 8 nitrogen and oxygen atoms in total. The average Bonchev–Trinajstić information content (AvgIpc) is 3.40. The van der Waals surface area contributed by atoms with Crippen LogP contribution in [0.5, 0.6) is 0 Å². The summed E-state index contributed by atoms with van der Waals surface area (Å²) in [5, 5.41) is 5.83. The minimum absolute atomic E-state index is 0.332. The first-order valence-corrected chi connectivity index (χ1v) is 12.1. The summed E-state index contributed by atoms with van der Waals surface area (Å²) in [7, 11) is 2.11. The SMILES string of the molecule is CN1CCN(CCOC(=O)Nc2ccc(C(=O)N(N)c3cccc(-c4cccs4)c3)cc2)CC1. The lowest BCUT2D eigenvalue weighted by Gasteiger charge is -2.31. The zero-order chi connectivity index (χ0) is 23.9. The predicted octanol–water partition coefficient (Wildman–Crippen LogP) is 3.73. The van der Waals surface area contributed by atoms with Crippen LogP contribution in [0.25, 0.3) is 10.4 Å². The number of ether oxygens (including phenoxy) is 1. The van der Waals surface area contributed by atoms with E-state index in [9.17, 15) is 9.59 Å². The maximum atomic E-state index is 12.9. The number of hydrogen-bond acceptors (Lipinski definition) is 7. The molecule has 0 atom stereocenters. The molecule has 34 heavy (non-hydrogen) atoms. The maximum Gasteiger partial charge on any atom is 0.411 e. The minimum Gasteiger partial charge on any atom is -0.448 e. The highest BCUT2D eigenvalue weighted by atomic mass is 32.1. The zero-order valence-electron chi connectivity index (χ0n) is 19.1. The molecule has 2 amide bonds. The fourth-order valence-corrected chi connectivity index (χ4v) is 4.42. The largest absolute Gasteiger partial charge is 0.448 e. The molecule has 1 fully saturated rings. The van der Waals surface area contributed by atoms with Crippen molar-refractivity contribution in [1.29, 1.82) is 0 Å². The molecule has 3 aromatic rings. The number of likely N-dealkylation sites (N-methyl/N-ethyl adjacent to an activating group) is 1. The van der Waals surface area contributed by atoms with Gasteiger partial charge in [-0.1, -0.05) is 18.2 Å². The summed E-state index contributed by atoms with van der Waals surface area (Å²) < 4.78 is 5.29. The van der Waals surface area contributed by atoms with Crippen LogP contribution in [0.4, 0.5) is 16.2 Å². The Balaban J connectivity index is 1.28. The molecule has 2 heterocycles. The average molecular weight is 480 g/mol. The molecule has 0 aliphatic carbocycles. The van der Waals surface area contributed by atoms with Gasteiger partial charge in [0, 0.05) is 48.9 Å². The Morgan fingerprint density at radius 1 is 1.06 bits per heavy atom. The van der Waals surface area contributed by atoms with Crippen molar-refractivity contribution >= 4 is 34.7 Å². The minimum atomic E-state index is -0.515. The number of nitrogens with one attached hydrogen (secondary N) is 1. The van der Waals surface area contributed by atoms with Crippen LogP contribution >= 0.6 is 11.3 Å². The molecule has 0 unspecified atom stereocenters. The Kier molecular flexibility index (Phi) is 7.91. The first kappa shape index (κ1) is 23.9. The van der Waals surface area contributed by atoms with E-state index >= 15 is 0 Å². The van der Waals surface area contributed by atoms with Gasteiger partial charge < -0.3 is 9.64 Å². The van der Waals surface area contributed by atoms with Gasteiger partial charge in [0.25, 0.3) is 5.91 Å². The highest BCUT2D eigenvalue weighted by Crippen LogP contribution is 2.28. The number of benzene rings is 2. The first-order valence-electron chi connectivity index (χ1n) is 11.2. The van der Waals surface area contributed by atoms with Gasteiger partial charge >= 0.3 is 6.09 Å². The summed E-state index contributed by atoms with van der Waals surface area (Å²) in [5.41, 5.74) is 2.56.